The van der Waals surface area contributed by atoms with Gasteiger partial charge in [-0.1, -0.05) is 23.5 Å². The first-order valence-electron chi connectivity index (χ1n) is 7.70. The van der Waals surface area contributed by atoms with Crippen LogP contribution < -0.4 is 4.90 Å². The summed E-state index contributed by atoms with van der Waals surface area (Å²) in [4.78, 5) is 34.0. The molecule has 1 aromatic carbocycles. The quantitative estimate of drug-likeness (QED) is 0.657. The molecule has 1 fully saturated rings. The Hall–Kier alpha value is -2.45. The Kier molecular flexibility index (Phi) is 3.93. The van der Waals surface area contributed by atoms with Crippen molar-refractivity contribution in [2.75, 3.05) is 18.5 Å². The van der Waals surface area contributed by atoms with Crippen LogP contribution in [0.1, 0.15) is 14.5 Å². The van der Waals surface area contributed by atoms with Gasteiger partial charge in [0.05, 0.1) is 16.8 Å². The molecule has 1 aliphatic rings. The molecule has 0 spiro atoms. The van der Waals surface area contributed by atoms with Gasteiger partial charge in [0.2, 0.25) is 6.23 Å². The van der Waals surface area contributed by atoms with Gasteiger partial charge in [0.15, 0.2) is 5.13 Å². The minimum atomic E-state index is -0.687. The van der Waals surface area contributed by atoms with Crippen molar-refractivity contribution >= 4 is 50.0 Å². The van der Waals surface area contributed by atoms with E-state index in [0.29, 0.717) is 16.6 Å². The molecule has 1 atom stereocenters. The van der Waals surface area contributed by atoms with E-state index in [0.717, 1.165) is 15.1 Å². The number of anilines is 1. The summed E-state index contributed by atoms with van der Waals surface area (Å²) in [6, 6.07) is 11.1. The standard InChI is InChI=1S/C17H15N3O3S2/c1-10-7-8-13(24-10)15(21)23-14-9-19(2)17(22)20(14)16-18-11-5-3-4-6-12(11)25-16/h3-8,14H,9H2,1-2H3. The lowest BCUT2D eigenvalue weighted by atomic mass is 10.3. The number of esters is 1. The van der Waals surface area contributed by atoms with Crippen molar-refractivity contribution < 1.29 is 14.3 Å². The van der Waals surface area contributed by atoms with Crippen LogP contribution in [0.2, 0.25) is 0 Å². The van der Waals surface area contributed by atoms with Crippen molar-refractivity contribution in [3.63, 3.8) is 0 Å². The van der Waals surface area contributed by atoms with Crippen LogP contribution in [-0.4, -0.2) is 41.7 Å². The Bertz CT molecular complexity index is 932. The van der Waals surface area contributed by atoms with Gasteiger partial charge < -0.3 is 9.64 Å². The summed E-state index contributed by atoms with van der Waals surface area (Å²) < 4.78 is 6.60. The van der Waals surface area contributed by atoms with Crippen molar-refractivity contribution in [3.8, 4) is 0 Å². The molecule has 2 amide bonds. The number of hydrogen-bond acceptors (Lipinski definition) is 6. The smallest absolute Gasteiger partial charge is 0.350 e. The van der Waals surface area contributed by atoms with Gasteiger partial charge in [-0.15, -0.1) is 11.3 Å². The van der Waals surface area contributed by atoms with E-state index in [9.17, 15) is 9.59 Å². The number of aryl methyl sites for hydroxylation is 1. The number of rotatable bonds is 3. The van der Waals surface area contributed by atoms with Crippen LogP contribution in [0.3, 0.4) is 0 Å². The molecule has 4 rings (SSSR count). The second-order valence-corrected chi connectivity index (χ2v) is 8.06. The molecule has 1 saturated heterocycles. The van der Waals surface area contributed by atoms with E-state index in [4.69, 9.17) is 4.74 Å². The fraction of sp³-hybridized carbons (Fsp3) is 0.235. The highest BCUT2D eigenvalue weighted by Crippen LogP contribution is 2.33. The summed E-state index contributed by atoms with van der Waals surface area (Å²) in [5.41, 5.74) is 0.823. The maximum absolute atomic E-state index is 12.5. The average Bonchev–Trinajstić information content (AvgIpc) is 3.26. The van der Waals surface area contributed by atoms with Crippen LogP contribution in [0, 0.1) is 6.92 Å². The summed E-state index contributed by atoms with van der Waals surface area (Å²) in [7, 11) is 1.69. The van der Waals surface area contributed by atoms with E-state index in [1.807, 2.05) is 37.3 Å². The number of aromatic nitrogens is 1. The summed E-state index contributed by atoms with van der Waals surface area (Å²) >= 11 is 2.79. The number of ether oxygens (including phenoxy) is 1. The predicted octanol–water partition coefficient (Wildman–Crippen LogP) is 3.72. The van der Waals surface area contributed by atoms with Gasteiger partial charge in [0.25, 0.3) is 0 Å². The number of para-hydroxylation sites is 1. The molecule has 6 nitrogen and oxygen atoms in total. The molecule has 8 heteroatoms. The van der Waals surface area contributed by atoms with E-state index < -0.39 is 12.2 Å². The third kappa shape index (κ3) is 2.87. The van der Waals surface area contributed by atoms with Crippen LogP contribution >= 0.6 is 22.7 Å². The molecule has 25 heavy (non-hydrogen) atoms. The number of amides is 2. The number of thiazole rings is 1. The number of nitrogens with zero attached hydrogens (tertiary/aromatic N) is 3. The number of urea groups is 1. The van der Waals surface area contributed by atoms with E-state index in [2.05, 4.69) is 4.98 Å². The summed E-state index contributed by atoms with van der Waals surface area (Å²) in [5, 5.41) is 0.538. The summed E-state index contributed by atoms with van der Waals surface area (Å²) in [6.45, 7) is 2.24. The molecular weight excluding hydrogens is 358 g/mol. The van der Waals surface area contributed by atoms with E-state index in [-0.39, 0.29) is 6.03 Å². The van der Waals surface area contributed by atoms with Crippen LogP contribution in [0.5, 0.6) is 0 Å². The molecule has 3 heterocycles. The molecule has 1 aliphatic heterocycles. The molecule has 0 aliphatic carbocycles. The van der Waals surface area contributed by atoms with Gasteiger partial charge in [-0.2, -0.15) is 0 Å². The van der Waals surface area contributed by atoms with Crippen molar-refractivity contribution in [1.82, 2.24) is 9.88 Å². The summed E-state index contributed by atoms with van der Waals surface area (Å²) in [5.74, 6) is -0.419. The van der Waals surface area contributed by atoms with Crippen molar-refractivity contribution in [1.29, 1.82) is 0 Å². The number of fused-ring (bicyclic) bond motifs is 1. The predicted molar refractivity (Wildman–Crippen MR) is 98.4 cm³/mol. The van der Waals surface area contributed by atoms with E-state index in [1.54, 1.807) is 13.1 Å². The Balaban J connectivity index is 1.64. The lowest BCUT2D eigenvalue weighted by Gasteiger charge is -2.19. The molecular formula is C17H15N3O3S2. The van der Waals surface area contributed by atoms with Crippen LogP contribution in [0.4, 0.5) is 9.93 Å². The molecule has 2 aromatic heterocycles. The Morgan fingerprint density at radius 2 is 2.04 bits per heavy atom. The highest BCUT2D eigenvalue weighted by atomic mass is 32.1. The Morgan fingerprint density at radius 1 is 1.24 bits per heavy atom. The number of carbonyl (C=O) groups is 2. The number of thiophene rings is 1. The maximum atomic E-state index is 12.5. The molecule has 3 aromatic rings. The minimum Gasteiger partial charge on any atom is -0.435 e. The first-order valence-corrected chi connectivity index (χ1v) is 9.33. The van der Waals surface area contributed by atoms with Gasteiger partial charge in [-0.25, -0.2) is 19.5 Å². The normalized spacial score (nSPS) is 17.5. The molecule has 0 saturated carbocycles. The topological polar surface area (TPSA) is 62.7 Å². The van der Waals surface area contributed by atoms with Gasteiger partial charge in [0.1, 0.15) is 4.88 Å². The molecule has 0 radical (unpaired) electrons. The number of hydrogen-bond donors (Lipinski definition) is 0. The first-order chi connectivity index (χ1) is 12.0. The van der Waals surface area contributed by atoms with Crippen LogP contribution in [0.25, 0.3) is 10.2 Å². The highest BCUT2D eigenvalue weighted by molar-refractivity contribution is 7.22. The zero-order valence-corrected chi connectivity index (χ0v) is 15.3. The van der Waals surface area contributed by atoms with Gasteiger partial charge in [-0.3, -0.25) is 0 Å². The molecule has 0 N–H and O–H groups in total. The lowest BCUT2D eigenvalue weighted by Crippen LogP contribution is -2.37. The largest absolute Gasteiger partial charge is 0.435 e. The van der Waals surface area contributed by atoms with Gasteiger partial charge in [-0.05, 0) is 31.2 Å². The fourth-order valence-corrected chi connectivity index (χ4v) is 4.44. The monoisotopic (exact) mass is 373 g/mol. The lowest BCUT2D eigenvalue weighted by molar-refractivity contribution is 0.0337. The average molecular weight is 373 g/mol. The third-order valence-corrected chi connectivity index (χ3v) is 5.94. The minimum absolute atomic E-state index is 0.223. The zero-order valence-electron chi connectivity index (χ0n) is 13.6. The molecule has 0 bridgehead atoms. The second-order valence-electron chi connectivity index (χ2n) is 5.77. The fourth-order valence-electron chi connectivity index (χ4n) is 2.69. The van der Waals surface area contributed by atoms with Crippen molar-refractivity contribution in [2.45, 2.75) is 13.2 Å². The van der Waals surface area contributed by atoms with Crippen LogP contribution in [-0.2, 0) is 4.74 Å². The van der Waals surface area contributed by atoms with Crippen molar-refractivity contribution in [3.05, 3.63) is 46.2 Å². The SMILES string of the molecule is Cc1ccc(C(=O)OC2CN(C)C(=O)N2c2nc3ccccc3s2)s1. The number of benzene rings is 1. The van der Waals surface area contributed by atoms with Crippen LogP contribution in [0.15, 0.2) is 36.4 Å². The molecule has 1 unspecified atom stereocenters. The first kappa shape index (κ1) is 16.0. The maximum Gasteiger partial charge on any atom is 0.350 e. The second kappa shape index (κ2) is 6.12. The molecule has 128 valence electrons. The number of likely N-dealkylation sites (N-methyl/N-ethyl adjacent to an activating group) is 1. The van der Waals surface area contributed by atoms with Gasteiger partial charge in [0, 0.05) is 11.9 Å². The Morgan fingerprint density at radius 3 is 2.76 bits per heavy atom. The Labute approximate surface area is 152 Å². The van der Waals surface area contributed by atoms with E-state index in [1.165, 1.54) is 32.5 Å². The summed E-state index contributed by atoms with van der Waals surface area (Å²) in [6.07, 6.45) is -0.687. The highest BCUT2D eigenvalue weighted by Gasteiger charge is 2.40. The zero-order chi connectivity index (χ0) is 17.6. The van der Waals surface area contributed by atoms with E-state index >= 15 is 0 Å². The number of carbonyl (C=O) groups excluding carboxylic acids is 2. The third-order valence-electron chi connectivity index (χ3n) is 3.92. The van der Waals surface area contributed by atoms with Gasteiger partial charge >= 0.3 is 12.0 Å². The van der Waals surface area contributed by atoms with Crippen molar-refractivity contribution in [2.24, 2.45) is 0 Å².